The molecule has 1 heterocycles. The number of hydrogen-bond donors (Lipinski definition) is 1. The Bertz CT molecular complexity index is 1500. The highest BCUT2D eigenvalue weighted by Crippen LogP contribution is 2.28. The van der Waals surface area contributed by atoms with Gasteiger partial charge in [0, 0.05) is 0 Å². The second kappa shape index (κ2) is 9.93. The van der Waals surface area contributed by atoms with Crippen LogP contribution in [0.1, 0.15) is 5.56 Å². The highest BCUT2D eigenvalue weighted by atomic mass is 32.1. The number of halogens is 1. The van der Waals surface area contributed by atoms with Crippen LogP contribution in [-0.4, -0.2) is 16.9 Å². The maximum atomic E-state index is 13.7. The molecule has 0 atom stereocenters. The van der Waals surface area contributed by atoms with E-state index in [2.05, 4.69) is 5.32 Å². The number of benzene rings is 4. The summed E-state index contributed by atoms with van der Waals surface area (Å²) in [6, 6.07) is 29.6. The quantitative estimate of drug-likeness (QED) is 0.206. The van der Waals surface area contributed by atoms with Gasteiger partial charge >= 0.3 is 0 Å². The lowest BCUT2D eigenvalue weighted by atomic mass is 10.0. The van der Waals surface area contributed by atoms with Crippen LogP contribution in [0.3, 0.4) is 0 Å². The van der Waals surface area contributed by atoms with Crippen LogP contribution in [0.2, 0.25) is 0 Å². The smallest absolute Gasteiger partial charge is 0.270 e. The van der Waals surface area contributed by atoms with Crippen molar-refractivity contribution < 1.29 is 18.7 Å². The summed E-state index contributed by atoms with van der Waals surface area (Å²) in [6.07, 6.45) is 1.50. The van der Waals surface area contributed by atoms with Crippen molar-refractivity contribution in [1.82, 2.24) is 5.32 Å². The van der Waals surface area contributed by atoms with Crippen LogP contribution in [0.5, 0.6) is 11.5 Å². The topological polar surface area (TPSA) is 58.6 Å². The Hall–Kier alpha value is -4.62. The lowest BCUT2D eigenvalue weighted by Crippen LogP contribution is -2.54. The largest absolute Gasteiger partial charge is 0.457 e. The van der Waals surface area contributed by atoms with Crippen LogP contribution in [0.25, 0.3) is 17.2 Å². The van der Waals surface area contributed by atoms with Gasteiger partial charge < -0.3 is 4.74 Å². The van der Waals surface area contributed by atoms with E-state index in [-0.39, 0.29) is 16.5 Å². The summed E-state index contributed by atoms with van der Waals surface area (Å²) in [5.74, 6) is -0.192. The normalized spacial score (nSPS) is 14.6. The van der Waals surface area contributed by atoms with Crippen molar-refractivity contribution in [2.24, 2.45) is 0 Å². The molecular weight excluding hydrogens is 475 g/mol. The lowest BCUT2D eigenvalue weighted by molar-refractivity contribution is -0.122. The molecule has 0 radical (unpaired) electrons. The number of thiocarbonyl (C=S) groups is 1. The third-order valence-corrected chi connectivity index (χ3v) is 5.82. The number of rotatable bonds is 5. The second-order valence-electron chi connectivity index (χ2n) is 8.00. The van der Waals surface area contributed by atoms with Gasteiger partial charge in [-0.3, -0.25) is 19.8 Å². The Morgan fingerprint density at radius 3 is 2.17 bits per heavy atom. The minimum atomic E-state index is -0.582. The van der Waals surface area contributed by atoms with E-state index in [0.717, 1.165) is 5.56 Å². The third-order valence-electron chi connectivity index (χ3n) is 5.53. The Morgan fingerprint density at radius 2 is 1.44 bits per heavy atom. The molecule has 36 heavy (non-hydrogen) atoms. The summed E-state index contributed by atoms with van der Waals surface area (Å²) >= 11 is 5.29. The maximum Gasteiger partial charge on any atom is 0.270 e. The standard InChI is InChI=1S/C29H19FN2O3S/c30-22-9-5-8-21(18-22)20-7-4-6-19(16-20)17-26-27(33)31-29(36)32(28(26)34)23-12-14-25(15-13-23)35-24-10-2-1-3-11-24/h1-18H,(H,31,33,36)/b26-17+. The van der Waals surface area contributed by atoms with Gasteiger partial charge in [0.05, 0.1) is 5.69 Å². The molecule has 5 nitrogen and oxygen atoms in total. The van der Waals surface area contributed by atoms with Crippen LogP contribution in [0.4, 0.5) is 10.1 Å². The Kier molecular flexibility index (Phi) is 6.38. The number of carbonyl (C=O) groups is 2. The Balaban J connectivity index is 1.42. The minimum Gasteiger partial charge on any atom is -0.457 e. The summed E-state index contributed by atoms with van der Waals surface area (Å²) in [5.41, 5.74) is 2.49. The molecule has 1 aliphatic rings. The number of ether oxygens (including phenoxy) is 1. The zero-order valence-electron chi connectivity index (χ0n) is 18.9. The molecule has 4 aromatic rings. The second-order valence-corrected chi connectivity index (χ2v) is 8.39. The minimum absolute atomic E-state index is 0.00705. The fourth-order valence-electron chi connectivity index (χ4n) is 3.82. The zero-order valence-corrected chi connectivity index (χ0v) is 19.7. The highest BCUT2D eigenvalue weighted by molar-refractivity contribution is 7.80. The van der Waals surface area contributed by atoms with Gasteiger partial charge in [-0.05, 0) is 89.6 Å². The molecule has 1 aliphatic heterocycles. The molecule has 0 bridgehead atoms. The van der Waals surface area contributed by atoms with E-state index in [9.17, 15) is 14.0 Å². The van der Waals surface area contributed by atoms with Crippen LogP contribution < -0.4 is 15.0 Å². The van der Waals surface area contributed by atoms with E-state index >= 15 is 0 Å². The van der Waals surface area contributed by atoms with Crippen molar-refractivity contribution in [3.63, 3.8) is 0 Å². The number of anilines is 1. The number of hydrogen-bond acceptors (Lipinski definition) is 4. The van der Waals surface area contributed by atoms with Gasteiger partial charge in [0.2, 0.25) is 0 Å². The van der Waals surface area contributed by atoms with Crippen molar-refractivity contribution in [3.8, 4) is 22.6 Å². The van der Waals surface area contributed by atoms with Crippen LogP contribution >= 0.6 is 12.2 Å². The number of amides is 2. The lowest BCUT2D eigenvalue weighted by Gasteiger charge is -2.29. The summed E-state index contributed by atoms with van der Waals surface area (Å²) < 4.78 is 19.5. The van der Waals surface area contributed by atoms with Gasteiger partial charge in [-0.15, -0.1) is 0 Å². The zero-order chi connectivity index (χ0) is 25.1. The average molecular weight is 495 g/mol. The predicted molar refractivity (Wildman–Crippen MR) is 141 cm³/mol. The molecule has 0 aromatic heterocycles. The van der Waals surface area contributed by atoms with E-state index in [1.807, 2.05) is 36.4 Å². The summed E-state index contributed by atoms with van der Waals surface area (Å²) in [5, 5.41) is 2.58. The van der Waals surface area contributed by atoms with Gasteiger partial charge in [0.1, 0.15) is 22.9 Å². The molecule has 7 heteroatoms. The number of nitrogens with zero attached hydrogens (tertiary/aromatic N) is 1. The first-order valence-corrected chi connectivity index (χ1v) is 11.5. The first-order chi connectivity index (χ1) is 17.5. The number of nitrogens with one attached hydrogen (secondary N) is 1. The summed E-state index contributed by atoms with van der Waals surface area (Å²) in [4.78, 5) is 27.3. The summed E-state index contributed by atoms with van der Waals surface area (Å²) in [6.45, 7) is 0. The Morgan fingerprint density at radius 1 is 0.778 bits per heavy atom. The number of carbonyl (C=O) groups excluding carboxylic acids is 2. The molecule has 0 aliphatic carbocycles. The average Bonchev–Trinajstić information content (AvgIpc) is 2.88. The first-order valence-electron chi connectivity index (χ1n) is 11.1. The van der Waals surface area contributed by atoms with Gasteiger partial charge in [-0.2, -0.15) is 0 Å². The van der Waals surface area contributed by atoms with E-state index < -0.39 is 11.8 Å². The third kappa shape index (κ3) is 4.92. The van der Waals surface area contributed by atoms with Crippen molar-refractivity contribution in [2.75, 3.05) is 4.90 Å². The van der Waals surface area contributed by atoms with Crippen molar-refractivity contribution in [3.05, 3.63) is 120 Å². The van der Waals surface area contributed by atoms with E-state index in [1.54, 1.807) is 54.6 Å². The molecule has 1 N–H and O–H groups in total. The van der Waals surface area contributed by atoms with Gasteiger partial charge in [0.15, 0.2) is 5.11 Å². The predicted octanol–water partition coefficient (Wildman–Crippen LogP) is 6.12. The van der Waals surface area contributed by atoms with Gasteiger partial charge in [-0.1, -0.05) is 48.5 Å². The maximum absolute atomic E-state index is 13.7. The van der Waals surface area contributed by atoms with Crippen molar-refractivity contribution in [2.45, 2.75) is 0 Å². The molecule has 176 valence electrons. The van der Waals surface area contributed by atoms with Crippen molar-refractivity contribution in [1.29, 1.82) is 0 Å². The molecule has 0 spiro atoms. The van der Waals surface area contributed by atoms with Crippen molar-refractivity contribution >= 4 is 40.9 Å². The molecule has 1 fully saturated rings. The fourth-order valence-corrected chi connectivity index (χ4v) is 4.10. The first kappa shape index (κ1) is 23.1. The van der Waals surface area contributed by atoms with E-state index in [0.29, 0.717) is 28.3 Å². The SMILES string of the molecule is O=C1NC(=S)N(c2ccc(Oc3ccccc3)cc2)C(=O)/C1=C/c1cccc(-c2cccc(F)c2)c1. The van der Waals surface area contributed by atoms with Crippen LogP contribution in [0, 0.1) is 5.82 Å². The molecule has 0 saturated carbocycles. The van der Waals surface area contributed by atoms with Crippen LogP contribution in [-0.2, 0) is 9.59 Å². The van der Waals surface area contributed by atoms with Gasteiger partial charge in [-0.25, -0.2) is 4.39 Å². The van der Waals surface area contributed by atoms with E-state index in [4.69, 9.17) is 17.0 Å². The molecule has 1 saturated heterocycles. The Labute approximate surface area is 212 Å². The molecular formula is C29H19FN2O3S. The number of para-hydroxylation sites is 1. The summed E-state index contributed by atoms with van der Waals surface area (Å²) in [7, 11) is 0. The monoisotopic (exact) mass is 494 g/mol. The molecule has 5 rings (SSSR count). The van der Waals surface area contributed by atoms with Gasteiger partial charge in [0.25, 0.3) is 11.8 Å². The molecule has 4 aromatic carbocycles. The molecule has 0 unspecified atom stereocenters. The highest BCUT2D eigenvalue weighted by Gasteiger charge is 2.34. The molecule has 2 amide bonds. The van der Waals surface area contributed by atoms with E-state index in [1.165, 1.54) is 23.1 Å². The van der Waals surface area contributed by atoms with Crippen LogP contribution in [0.15, 0.2) is 109 Å². The fraction of sp³-hybridized carbons (Fsp3) is 0.